The van der Waals surface area contributed by atoms with Crippen molar-refractivity contribution in [3.63, 3.8) is 0 Å². The van der Waals surface area contributed by atoms with Crippen LogP contribution in [-0.4, -0.2) is 28.1 Å². The Labute approximate surface area is 217 Å². The van der Waals surface area contributed by atoms with Crippen molar-refractivity contribution in [2.45, 2.75) is 25.8 Å². The van der Waals surface area contributed by atoms with E-state index in [9.17, 15) is 4.79 Å². The summed E-state index contributed by atoms with van der Waals surface area (Å²) in [6, 6.07) is 15.7. The van der Waals surface area contributed by atoms with Crippen molar-refractivity contribution in [1.29, 1.82) is 0 Å². The summed E-state index contributed by atoms with van der Waals surface area (Å²) < 4.78 is 5.83. The second kappa shape index (κ2) is 15.3. The molecule has 182 valence electrons. The van der Waals surface area contributed by atoms with Crippen LogP contribution in [0.25, 0.3) is 10.8 Å². The second-order valence-corrected chi connectivity index (χ2v) is 7.45. The molecule has 1 aromatic carbocycles. The number of fused-ring (bicyclic) bond motifs is 1. The maximum absolute atomic E-state index is 11.8. The highest BCUT2D eigenvalue weighted by atomic mass is 35.5. The van der Waals surface area contributed by atoms with Gasteiger partial charge in [0.2, 0.25) is 0 Å². The quantitative estimate of drug-likeness (QED) is 0.288. The lowest BCUT2D eigenvalue weighted by atomic mass is 10.1. The largest absolute Gasteiger partial charge is 0.494 e. The van der Waals surface area contributed by atoms with E-state index in [1.807, 2.05) is 42.7 Å². The average molecular weight is 524 g/mol. The van der Waals surface area contributed by atoms with E-state index in [2.05, 4.69) is 32.4 Å². The van der Waals surface area contributed by atoms with Crippen LogP contribution in [0.4, 0.5) is 0 Å². The smallest absolute Gasteiger partial charge is 0.255 e. The zero-order valence-electron chi connectivity index (χ0n) is 18.6. The third-order valence-electron chi connectivity index (χ3n) is 5.11. The highest BCUT2D eigenvalue weighted by Gasteiger charge is 2.02. The Morgan fingerprint density at radius 2 is 1.82 bits per heavy atom. The number of H-pyrrole nitrogens is 1. The summed E-state index contributed by atoms with van der Waals surface area (Å²) in [6.45, 7) is 2.29. The molecule has 0 unspecified atom stereocenters. The van der Waals surface area contributed by atoms with E-state index in [0.29, 0.717) is 12.0 Å². The van der Waals surface area contributed by atoms with Gasteiger partial charge in [-0.3, -0.25) is 14.8 Å². The van der Waals surface area contributed by atoms with E-state index in [0.717, 1.165) is 49.2 Å². The standard InChI is InChI=1S/C25H26N4O2.3ClH/c30-25-24-7-6-23(16-21(24)9-13-29-25)31-14-2-11-27-18-20-8-12-28-22(15-20)5-4-19-3-1-10-26-17-19;;;/h1,3,6-10,12-13,15-17,27H,2,4-5,11,14,18H2,(H,29,30);3*1H. The summed E-state index contributed by atoms with van der Waals surface area (Å²) in [6.07, 6.45) is 9.98. The predicted octanol–water partition coefficient (Wildman–Crippen LogP) is 4.93. The number of hydrogen-bond donors (Lipinski definition) is 2. The first-order valence-electron chi connectivity index (χ1n) is 10.6. The molecule has 2 N–H and O–H groups in total. The number of aryl methyl sites for hydroxylation is 2. The van der Waals surface area contributed by atoms with E-state index in [1.54, 1.807) is 18.5 Å². The van der Waals surface area contributed by atoms with E-state index in [1.165, 1.54) is 11.1 Å². The number of nitrogens with zero attached hydrogens (tertiary/aromatic N) is 2. The molecule has 34 heavy (non-hydrogen) atoms. The van der Waals surface area contributed by atoms with Gasteiger partial charge >= 0.3 is 0 Å². The fraction of sp³-hybridized carbons (Fsp3) is 0.240. The molecule has 3 aromatic heterocycles. The van der Waals surface area contributed by atoms with Gasteiger partial charge in [-0.05, 0) is 84.8 Å². The third kappa shape index (κ3) is 8.61. The maximum Gasteiger partial charge on any atom is 0.255 e. The summed E-state index contributed by atoms with van der Waals surface area (Å²) in [5, 5.41) is 5.02. The average Bonchev–Trinajstić information content (AvgIpc) is 2.81. The molecule has 0 bridgehead atoms. The van der Waals surface area contributed by atoms with Crippen LogP contribution in [0.3, 0.4) is 0 Å². The lowest BCUT2D eigenvalue weighted by Gasteiger charge is -2.09. The molecule has 0 saturated heterocycles. The Kier molecular flexibility index (Phi) is 13.2. The number of halogens is 3. The SMILES string of the molecule is Cl.Cl.Cl.O=c1[nH]ccc2cc(OCCCNCc3ccnc(CCc4cccnc4)c3)ccc12. The highest BCUT2D eigenvalue weighted by Crippen LogP contribution is 2.18. The van der Waals surface area contributed by atoms with Crippen molar-refractivity contribution in [1.82, 2.24) is 20.3 Å². The monoisotopic (exact) mass is 522 g/mol. The molecule has 6 nitrogen and oxygen atoms in total. The minimum Gasteiger partial charge on any atom is -0.494 e. The highest BCUT2D eigenvalue weighted by molar-refractivity contribution is 5.86. The Morgan fingerprint density at radius 1 is 0.941 bits per heavy atom. The first-order valence-corrected chi connectivity index (χ1v) is 10.6. The Morgan fingerprint density at radius 3 is 2.65 bits per heavy atom. The van der Waals surface area contributed by atoms with Crippen molar-refractivity contribution >= 4 is 48.0 Å². The van der Waals surface area contributed by atoms with Crippen LogP contribution < -0.4 is 15.6 Å². The van der Waals surface area contributed by atoms with Crippen molar-refractivity contribution in [3.8, 4) is 5.75 Å². The zero-order valence-corrected chi connectivity index (χ0v) is 21.1. The zero-order chi connectivity index (χ0) is 21.3. The van der Waals surface area contributed by atoms with Crippen LogP contribution in [0.2, 0.25) is 0 Å². The number of rotatable bonds is 10. The van der Waals surface area contributed by atoms with E-state index < -0.39 is 0 Å². The number of hydrogen-bond acceptors (Lipinski definition) is 5. The minimum atomic E-state index is -0.0791. The van der Waals surface area contributed by atoms with Gasteiger partial charge in [0.05, 0.1) is 6.61 Å². The molecule has 0 spiro atoms. The van der Waals surface area contributed by atoms with Gasteiger partial charge in [0.1, 0.15) is 5.75 Å². The number of benzene rings is 1. The van der Waals surface area contributed by atoms with Crippen molar-refractivity contribution in [2.75, 3.05) is 13.2 Å². The molecule has 0 aliphatic rings. The third-order valence-corrected chi connectivity index (χ3v) is 5.11. The lowest BCUT2D eigenvalue weighted by Crippen LogP contribution is -2.17. The second-order valence-electron chi connectivity index (χ2n) is 7.45. The van der Waals surface area contributed by atoms with Crippen molar-refractivity contribution < 1.29 is 4.74 Å². The molecular formula is C25H29Cl3N4O2. The van der Waals surface area contributed by atoms with Gasteiger partial charge in [-0.2, -0.15) is 0 Å². The minimum absolute atomic E-state index is 0. The Hall–Kier alpha value is -2.64. The molecular weight excluding hydrogens is 495 g/mol. The predicted molar refractivity (Wildman–Crippen MR) is 144 cm³/mol. The van der Waals surface area contributed by atoms with Crippen LogP contribution in [0.1, 0.15) is 23.2 Å². The molecule has 0 saturated carbocycles. The first-order chi connectivity index (χ1) is 15.3. The van der Waals surface area contributed by atoms with Gasteiger partial charge in [0, 0.05) is 42.4 Å². The molecule has 4 rings (SSSR count). The summed E-state index contributed by atoms with van der Waals surface area (Å²) >= 11 is 0. The number of aromatic nitrogens is 3. The van der Waals surface area contributed by atoms with Crippen LogP contribution >= 0.6 is 37.2 Å². The lowest BCUT2D eigenvalue weighted by molar-refractivity contribution is 0.308. The topological polar surface area (TPSA) is 79.9 Å². The summed E-state index contributed by atoms with van der Waals surface area (Å²) in [5.41, 5.74) is 3.48. The van der Waals surface area contributed by atoms with Crippen LogP contribution in [0.5, 0.6) is 5.75 Å². The van der Waals surface area contributed by atoms with Crippen LogP contribution in [-0.2, 0) is 19.4 Å². The van der Waals surface area contributed by atoms with E-state index in [-0.39, 0.29) is 42.8 Å². The van der Waals surface area contributed by atoms with Crippen molar-refractivity contribution in [3.05, 3.63) is 100 Å². The molecule has 4 aromatic rings. The first kappa shape index (κ1) is 29.4. The van der Waals surface area contributed by atoms with E-state index >= 15 is 0 Å². The summed E-state index contributed by atoms with van der Waals surface area (Å²) in [7, 11) is 0. The fourth-order valence-corrected chi connectivity index (χ4v) is 3.47. The Bertz CT molecular complexity index is 1190. The number of pyridine rings is 3. The summed E-state index contributed by atoms with van der Waals surface area (Å²) in [4.78, 5) is 23.1. The van der Waals surface area contributed by atoms with E-state index in [4.69, 9.17) is 4.74 Å². The van der Waals surface area contributed by atoms with Crippen LogP contribution in [0, 0.1) is 0 Å². The van der Waals surface area contributed by atoms with Gasteiger partial charge < -0.3 is 15.0 Å². The molecule has 0 aliphatic carbocycles. The van der Waals surface area contributed by atoms with Gasteiger partial charge in [0.25, 0.3) is 5.56 Å². The van der Waals surface area contributed by atoms with Crippen molar-refractivity contribution in [2.24, 2.45) is 0 Å². The molecule has 0 radical (unpaired) electrons. The maximum atomic E-state index is 11.8. The normalized spacial score (nSPS) is 10.0. The molecule has 0 aliphatic heterocycles. The molecule has 3 heterocycles. The molecule has 0 fully saturated rings. The number of aromatic amines is 1. The number of ether oxygens (including phenoxy) is 1. The molecule has 0 amide bonds. The van der Waals surface area contributed by atoms with Gasteiger partial charge in [-0.25, -0.2) is 0 Å². The fourth-order valence-electron chi connectivity index (χ4n) is 3.47. The number of nitrogens with one attached hydrogen (secondary N) is 2. The van der Waals surface area contributed by atoms with Gasteiger partial charge in [-0.1, -0.05) is 6.07 Å². The Balaban J connectivity index is 0.00000193. The molecule has 9 heteroatoms. The van der Waals surface area contributed by atoms with Gasteiger partial charge in [0.15, 0.2) is 0 Å². The van der Waals surface area contributed by atoms with Crippen LogP contribution in [0.15, 0.2) is 78.1 Å². The molecule has 0 atom stereocenters. The summed E-state index contributed by atoms with van der Waals surface area (Å²) in [5.74, 6) is 0.783. The van der Waals surface area contributed by atoms with Gasteiger partial charge in [-0.15, -0.1) is 37.2 Å².